The highest BCUT2D eigenvalue weighted by Gasteiger charge is 2.56. The Balaban J connectivity index is 0.00000210. The van der Waals surface area contributed by atoms with E-state index < -0.39 is 29.0 Å². The summed E-state index contributed by atoms with van der Waals surface area (Å²) in [7, 11) is 0. The van der Waals surface area contributed by atoms with E-state index in [0.717, 1.165) is 18.4 Å². The summed E-state index contributed by atoms with van der Waals surface area (Å²) in [4.78, 5) is 52.8. The summed E-state index contributed by atoms with van der Waals surface area (Å²) in [5.41, 5.74) is -0.371. The Bertz CT molecular complexity index is 1040. The van der Waals surface area contributed by atoms with Gasteiger partial charge in [-0.1, -0.05) is 83.9 Å². The Labute approximate surface area is 208 Å². The molecule has 1 aliphatic rings. The first-order valence-corrected chi connectivity index (χ1v) is 12.7. The van der Waals surface area contributed by atoms with E-state index in [1.807, 2.05) is 34.6 Å². The summed E-state index contributed by atoms with van der Waals surface area (Å²) in [6.07, 6.45) is 4.03. The van der Waals surface area contributed by atoms with E-state index in [2.05, 4.69) is 5.32 Å². The van der Waals surface area contributed by atoms with Crippen LogP contribution in [-0.4, -0.2) is 23.4 Å². The van der Waals surface area contributed by atoms with E-state index >= 15 is 0 Å². The number of hydrogen-bond donors (Lipinski definition) is 1. The molecule has 2 aromatic rings. The number of Topliss-reactive ketones (excluding diaryl/α,β-unsaturated/α-hetero) is 2. The molecule has 0 aliphatic heterocycles. The van der Waals surface area contributed by atoms with Crippen molar-refractivity contribution in [2.45, 2.75) is 85.1 Å². The summed E-state index contributed by atoms with van der Waals surface area (Å²) in [6.45, 7) is 9.90. The average Bonchev–Trinajstić information content (AvgIpc) is 3.09. The van der Waals surface area contributed by atoms with Gasteiger partial charge in [0.25, 0.3) is 0 Å². The molecule has 35 heavy (non-hydrogen) atoms. The molecule has 0 spiro atoms. The van der Waals surface area contributed by atoms with Gasteiger partial charge in [0.2, 0.25) is 17.5 Å². The Morgan fingerprint density at radius 1 is 0.857 bits per heavy atom. The maximum absolute atomic E-state index is 13.7. The summed E-state index contributed by atoms with van der Waals surface area (Å²) >= 11 is 0. The maximum Gasteiger partial charge on any atom is 0.311 e. The third kappa shape index (κ3) is 5.87. The predicted molar refractivity (Wildman–Crippen MR) is 137 cm³/mol. The largest absolute Gasteiger partial charge is 0.426 e. The van der Waals surface area contributed by atoms with Gasteiger partial charge in [0.1, 0.15) is 5.75 Å². The number of esters is 1. The molecule has 6 heteroatoms. The van der Waals surface area contributed by atoms with E-state index in [-0.39, 0.29) is 35.3 Å². The standard InChI is InChI=1S/C27H31NO5.C2H6/c1-4-7-13-23(29)28-27(25(31)19-11-9-10-12-20(19)26(27)32)21-16-15-18(6-3)17-22(21)33-24(30)14-8-5-2;1-2/h9-12,15-17H,4-8,13-14H2,1-3H3,(H,28,29);1-2H3. The van der Waals surface area contributed by atoms with Crippen LogP contribution in [0.1, 0.15) is 105 Å². The number of aryl methyl sites for hydroxylation is 1. The molecule has 0 aromatic heterocycles. The number of ether oxygens (including phenoxy) is 1. The molecule has 1 amide bonds. The topological polar surface area (TPSA) is 89.5 Å². The number of unbranched alkanes of at least 4 members (excludes halogenated alkanes) is 2. The van der Waals surface area contributed by atoms with Gasteiger partial charge in [-0.3, -0.25) is 19.2 Å². The minimum absolute atomic E-state index is 0.140. The third-order valence-corrected chi connectivity index (χ3v) is 6.00. The summed E-state index contributed by atoms with van der Waals surface area (Å²) < 4.78 is 5.69. The second-order valence-electron chi connectivity index (χ2n) is 8.37. The van der Waals surface area contributed by atoms with E-state index in [9.17, 15) is 19.2 Å². The van der Waals surface area contributed by atoms with Gasteiger partial charge in [0, 0.05) is 29.5 Å². The summed E-state index contributed by atoms with van der Waals surface area (Å²) in [5.74, 6) is -1.71. The Morgan fingerprint density at radius 2 is 1.43 bits per heavy atom. The lowest BCUT2D eigenvalue weighted by molar-refractivity contribution is -0.134. The molecular formula is C29H37NO5. The molecule has 0 radical (unpaired) electrons. The van der Waals surface area contributed by atoms with E-state index in [4.69, 9.17) is 4.74 Å². The number of benzene rings is 2. The van der Waals surface area contributed by atoms with Crippen LogP contribution in [0.3, 0.4) is 0 Å². The van der Waals surface area contributed by atoms with Crippen molar-refractivity contribution >= 4 is 23.4 Å². The number of rotatable bonds is 10. The van der Waals surface area contributed by atoms with Crippen LogP contribution in [0.15, 0.2) is 42.5 Å². The van der Waals surface area contributed by atoms with Gasteiger partial charge in [-0.05, 0) is 30.9 Å². The minimum atomic E-state index is -1.96. The molecule has 0 heterocycles. The number of carbonyl (C=O) groups is 4. The van der Waals surface area contributed by atoms with Crippen LogP contribution in [0.4, 0.5) is 0 Å². The number of fused-ring (bicyclic) bond motifs is 1. The fraction of sp³-hybridized carbons (Fsp3) is 0.448. The molecule has 0 bridgehead atoms. The Hall–Kier alpha value is -3.28. The molecule has 1 N–H and O–H groups in total. The fourth-order valence-electron chi connectivity index (χ4n) is 4.10. The zero-order valence-electron chi connectivity index (χ0n) is 21.5. The van der Waals surface area contributed by atoms with Crippen molar-refractivity contribution < 1.29 is 23.9 Å². The summed E-state index contributed by atoms with van der Waals surface area (Å²) in [6, 6.07) is 11.6. The van der Waals surface area contributed by atoms with E-state index in [0.29, 0.717) is 19.3 Å². The van der Waals surface area contributed by atoms with Gasteiger partial charge in [-0.25, -0.2) is 0 Å². The SMILES string of the molecule is CC.CCCCC(=O)NC1(c2ccc(CC)cc2OC(=O)CCCC)C(=O)c2ccccc2C1=O. The summed E-state index contributed by atoms with van der Waals surface area (Å²) in [5, 5.41) is 2.75. The number of hydrogen-bond acceptors (Lipinski definition) is 5. The van der Waals surface area contributed by atoms with E-state index in [1.165, 1.54) is 0 Å². The highest BCUT2D eigenvalue weighted by molar-refractivity contribution is 6.34. The maximum atomic E-state index is 13.7. The molecule has 3 rings (SSSR count). The molecular weight excluding hydrogens is 442 g/mol. The lowest BCUT2D eigenvalue weighted by atomic mass is 9.83. The highest BCUT2D eigenvalue weighted by Crippen LogP contribution is 2.42. The monoisotopic (exact) mass is 479 g/mol. The molecule has 0 fully saturated rings. The van der Waals surface area contributed by atoms with Crippen molar-refractivity contribution in [1.29, 1.82) is 0 Å². The quantitative estimate of drug-likeness (QED) is 0.258. The van der Waals surface area contributed by atoms with E-state index in [1.54, 1.807) is 42.5 Å². The number of nitrogens with one attached hydrogen (secondary N) is 1. The molecule has 0 atom stereocenters. The van der Waals surface area contributed by atoms with Crippen LogP contribution in [-0.2, 0) is 21.5 Å². The molecule has 0 saturated carbocycles. The molecule has 188 valence electrons. The van der Waals surface area contributed by atoms with Crippen LogP contribution in [0.25, 0.3) is 0 Å². The first-order chi connectivity index (χ1) is 16.9. The molecule has 1 aliphatic carbocycles. The first kappa shape index (κ1) is 28.0. The Kier molecular flexibility index (Phi) is 10.4. The predicted octanol–water partition coefficient (Wildman–Crippen LogP) is 5.95. The van der Waals surface area contributed by atoms with Gasteiger partial charge in [-0.2, -0.15) is 0 Å². The van der Waals surface area contributed by atoms with Crippen molar-refractivity contribution in [1.82, 2.24) is 5.32 Å². The van der Waals surface area contributed by atoms with Gasteiger partial charge in [0.15, 0.2) is 5.54 Å². The van der Waals surface area contributed by atoms with Crippen LogP contribution >= 0.6 is 0 Å². The van der Waals surface area contributed by atoms with Crippen molar-refractivity contribution in [3.63, 3.8) is 0 Å². The third-order valence-electron chi connectivity index (χ3n) is 6.00. The van der Waals surface area contributed by atoms with Crippen molar-refractivity contribution in [2.75, 3.05) is 0 Å². The lowest BCUT2D eigenvalue weighted by Gasteiger charge is -2.29. The van der Waals surface area contributed by atoms with Gasteiger partial charge < -0.3 is 10.1 Å². The van der Waals surface area contributed by atoms with Crippen LogP contribution in [0, 0.1) is 0 Å². The van der Waals surface area contributed by atoms with Gasteiger partial charge >= 0.3 is 5.97 Å². The zero-order valence-corrected chi connectivity index (χ0v) is 21.5. The second-order valence-corrected chi connectivity index (χ2v) is 8.37. The van der Waals surface area contributed by atoms with Crippen molar-refractivity contribution in [3.8, 4) is 5.75 Å². The highest BCUT2D eigenvalue weighted by atomic mass is 16.5. The molecule has 0 saturated heterocycles. The molecule has 0 unspecified atom stereocenters. The minimum Gasteiger partial charge on any atom is -0.426 e. The fourth-order valence-corrected chi connectivity index (χ4v) is 4.10. The Morgan fingerprint density at radius 3 is 1.97 bits per heavy atom. The first-order valence-electron chi connectivity index (χ1n) is 12.7. The second kappa shape index (κ2) is 13.0. The number of amides is 1. The van der Waals surface area contributed by atoms with Crippen molar-refractivity contribution in [3.05, 3.63) is 64.7 Å². The van der Waals surface area contributed by atoms with Gasteiger partial charge in [0.05, 0.1) is 0 Å². The van der Waals surface area contributed by atoms with Gasteiger partial charge in [-0.15, -0.1) is 0 Å². The normalized spacial score (nSPS) is 13.5. The lowest BCUT2D eigenvalue weighted by Crippen LogP contribution is -2.54. The average molecular weight is 480 g/mol. The zero-order chi connectivity index (χ0) is 26.0. The smallest absolute Gasteiger partial charge is 0.311 e. The van der Waals surface area contributed by atoms with Crippen LogP contribution < -0.4 is 10.1 Å². The number of carbonyl (C=O) groups excluding carboxylic acids is 4. The van der Waals surface area contributed by atoms with Crippen molar-refractivity contribution in [2.24, 2.45) is 0 Å². The number of ketones is 2. The molecule has 2 aromatic carbocycles. The van der Waals surface area contributed by atoms with Crippen LogP contribution in [0.5, 0.6) is 5.75 Å². The molecule has 6 nitrogen and oxygen atoms in total. The van der Waals surface area contributed by atoms with Crippen LogP contribution in [0.2, 0.25) is 0 Å².